The molecule has 1 N–H and O–H groups in total. The fourth-order valence-corrected chi connectivity index (χ4v) is 3.27. The summed E-state index contributed by atoms with van der Waals surface area (Å²) in [5, 5.41) is 3.80. The number of hydrogen-bond acceptors (Lipinski definition) is 3. The first-order valence-electron chi connectivity index (χ1n) is 5.23. The second-order valence-corrected chi connectivity index (χ2v) is 5.91. The average molecular weight is 255 g/mol. The highest BCUT2D eigenvalue weighted by atomic mass is 35.5. The molecule has 0 bridgehead atoms. The summed E-state index contributed by atoms with van der Waals surface area (Å²) in [6, 6.07) is -0.0205. The Labute approximate surface area is 105 Å². The molecule has 0 aliphatic carbocycles. The molecule has 2 heterocycles. The van der Waals surface area contributed by atoms with E-state index in [-0.39, 0.29) is 6.04 Å². The minimum atomic E-state index is -0.0205. The summed E-state index contributed by atoms with van der Waals surface area (Å²) < 4.78 is 0. The molecule has 1 aromatic heterocycles. The lowest BCUT2D eigenvalue weighted by atomic mass is 10.0. The van der Waals surface area contributed by atoms with Crippen molar-refractivity contribution in [2.24, 2.45) is 4.99 Å². The Morgan fingerprint density at radius 1 is 1.25 bits per heavy atom. The monoisotopic (exact) mass is 254 g/mol. The zero-order valence-corrected chi connectivity index (χ0v) is 11.5. The van der Waals surface area contributed by atoms with Crippen LogP contribution >= 0.6 is 22.9 Å². The lowest BCUT2D eigenvalue weighted by Gasteiger charge is -2.19. The lowest BCUT2D eigenvalue weighted by molar-refractivity contribution is 0.841. The summed E-state index contributed by atoms with van der Waals surface area (Å²) in [6.07, 6.45) is 1.83. The third-order valence-electron chi connectivity index (χ3n) is 2.89. The number of nitrogens with zero attached hydrogens (tertiary/aromatic N) is 1. The van der Waals surface area contributed by atoms with E-state index in [1.807, 2.05) is 24.5 Å². The first kappa shape index (κ1) is 11.7. The molecule has 1 aliphatic rings. The molecular weight excluding hydrogens is 240 g/mol. The molecule has 0 saturated carbocycles. The third kappa shape index (κ3) is 1.89. The highest BCUT2D eigenvalue weighted by Gasteiger charge is 2.23. The van der Waals surface area contributed by atoms with Crippen molar-refractivity contribution < 1.29 is 0 Å². The van der Waals surface area contributed by atoms with Crippen molar-refractivity contribution in [3.05, 3.63) is 32.1 Å². The summed E-state index contributed by atoms with van der Waals surface area (Å²) in [6.45, 7) is 8.38. The lowest BCUT2D eigenvalue weighted by Crippen LogP contribution is -2.20. The standard InChI is InChI=1S/C12H15ClN2S/c1-6-7(2)16-8(3)11(6)12-10(13)5-14-9(4)15-12/h5,12H,1-4H3,(H,14,15). The molecule has 1 atom stereocenters. The highest BCUT2D eigenvalue weighted by molar-refractivity contribution is 7.12. The number of nitrogens with one attached hydrogen (secondary N) is 1. The molecule has 1 aromatic rings. The quantitative estimate of drug-likeness (QED) is 0.810. The largest absolute Gasteiger partial charge is 0.349 e. The van der Waals surface area contributed by atoms with Gasteiger partial charge in [-0.25, -0.2) is 0 Å². The molecule has 1 unspecified atom stereocenters. The number of hydrogen-bond donors (Lipinski definition) is 1. The predicted octanol–water partition coefficient (Wildman–Crippen LogP) is 3.82. The molecule has 0 aromatic carbocycles. The number of rotatable bonds is 1. The van der Waals surface area contributed by atoms with E-state index in [0.29, 0.717) is 0 Å². The summed E-state index contributed by atoms with van der Waals surface area (Å²) in [4.78, 5) is 7.24. The zero-order valence-electron chi connectivity index (χ0n) is 9.89. The van der Waals surface area contributed by atoms with Crippen LogP contribution in [0.2, 0.25) is 0 Å². The van der Waals surface area contributed by atoms with E-state index >= 15 is 0 Å². The Morgan fingerprint density at radius 3 is 2.50 bits per heavy atom. The molecule has 2 nitrogen and oxygen atoms in total. The number of aryl methyl sites for hydroxylation is 2. The van der Waals surface area contributed by atoms with Crippen LogP contribution in [0.3, 0.4) is 0 Å². The maximum absolute atomic E-state index is 6.23. The van der Waals surface area contributed by atoms with Crippen LogP contribution in [-0.2, 0) is 0 Å². The molecule has 0 fully saturated rings. The Morgan fingerprint density at radius 2 is 1.94 bits per heavy atom. The molecule has 4 heteroatoms. The van der Waals surface area contributed by atoms with Gasteiger partial charge < -0.3 is 5.32 Å². The zero-order chi connectivity index (χ0) is 11.9. The van der Waals surface area contributed by atoms with Crippen molar-refractivity contribution in [1.82, 2.24) is 5.32 Å². The molecule has 0 saturated heterocycles. The van der Waals surface area contributed by atoms with E-state index in [1.54, 1.807) is 0 Å². The minimum Gasteiger partial charge on any atom is -0.349 e. The topological polar surface area (TPSA) is 24.4 Å². The van der Waals surface area contributed by atoms with E-state index < -0.39 is 0 Å². The van der Waals surface area contributed by atoms with Crippen molar-refractivity contribution in [1.29, 1.82) is 0 Å². The van der Waals surface area contributed by atoms with E-state index in [4.69, 9.17) is 11.6 Å². The van der Waals surface area contributed by atoms with Gasteiger partial charge in [-0.2, -0.15) is 0 Å². The molecule has 0 radical (unpaired) electrons. The molecule has 2 rings (SSSR count). The highest BCUT2D eigenvalue weighted by Crippen LogP contribution is 2.39. The first-order chi connectivity index (χ1) is 7.50. The molecule has 86 valence electrons. The molecule has 1 aliphatic heterocycles. The second kappa shape index (κ2) is 4.22. The minimum absolute atomic E-state index is 0.0205. The van der Waals surface area contributed by atoms with Crippen LogP contribution in [0.5, 0.6) is 0 Å². The van der Waals surface area contributed by atoms with E-state index in [9.17, 15) is 0 Å². The molecule has 0 amide bonds. The maximum Gasteiger partial charge on any atom is 0.115 e. The van der Waals surface area contributed by atoms with Gasteiger partial charge in [0.25, 0.3) is 0 Å². The van der Waals surface area contributed by atoms with Crippen LogP contribution in [0, 0.1) is 20.8 Å². The van der Waals surface area contributed by atoms with Crippen LogP contribution in [0.1, 0.15) is 33.8 Å². The average Bonchev–Trinajstić information content (AvgIpc) is 2.46. The van der Waals surface area contributed by atoms with Gasteiger partial charge >= 0.3 is 0 Å². The Balaban J connectivity index is 2.51. The molecule has 0 spiro atoms. The van der Waals surface area contributed by atoms with E-state index in [1.165, 1.54) is 20.9 Å². The fourth-order valence-electron chi connectivity index (χ4n) is 1.96. The van der Waals surface area contributed by atoms with Gasteiger partial charge in [-0.1, -0.05) is 11.6 Å². The van der Waals surface area contributed by atoms with Crippen LogP contribution in [-0.4, -0.2) is 5.84 Å². The van der Waals surface area contributed by atoms with Crippen molar-refractivity contribution in [2.45, 2.75) is 33.7 Å². The van der Waals surface area contributed by atoms with Crippen molar-refractivity contribution in [3.63, 3.8) is 0 Å². The SMILES string of the molecule is CC1=NC(c2c(C)sc(C)c2C)C(Cl)=CN1. The summed E-state index contributed by atoms with van der Waals surface area (Å²) in [5.41, 5.74) is 2.59. The van der Waals surface area contributed by atoms with Crippen molar-refractivity contribution in [2.75, 3.05) is 0 Å². The third-order valence-corrected chi connectivity index (χ3v) is 4.35. The molecule has 16 heavy (non-hydrogen) atoms. The fraction of sp³-hybridized carbons (Fsp3) is 0.417. The van der Waals surface area contributed by atoms with Gasteiger partial charge in [0.2, 0.25) is 0 Å². The predicted molar refractivity (Wildman–Crippen MR) is 71.5 cm³/mol. The molecular formula is C12H15ClN2S. The van der Waals surface area contributed by atoms with Gasteiger partial charge in [0.05, 0.1) is 10.9 Å². The number of thiophene rings is 1. The summed E-state index contributed by atoms with van der Waals surface area (Å²) in [5.74, 6) is 0.914. The normalized spacial score (nSPS) is 20.2. The van der Waals surface area contributed by atoms with Crippen LogP contribution in [0.15, 0.2) is 16.2 Å². The summed E-state index contributed by atoms with van der Waals surface area (Å²) in [7, 11) is 0. The van der Waals surface area contributed by atoms with Crippen LogP contribution < -0.4 is 5.32 Å². The Hall–Kier alpha value is -0.800. The number of halogens is 1. The van der Waals surface area contributed by atoms with E-state index in [0.717, 1.165) is 10.9 Å². The van der Waals surface area contributed by atoms with Gasteiger partial charge in [-0.05, 0) is 38.8 Å². The Kier molecular flexibility index (Phi) is 3.08. The van der Waals surface area contributed by atoms with Crippen LogP contribution in [0.25, 0.3) is 0 Å². The van der Waals surface area contributed by atoms with Gasteiger partial charge in [0.15, 0.2) is 0 Å². The number of amidine groups is 1. The van der Waals surface area contributed by atoms with Gasteiger partial charge in [-0.3, -0.25) is 4.99 Å². The Bertz CT molecular complexity index is 485. The van der Waals surface area contributed by atoms with Crippen molar-refractivity contribution in [3.8, 4) is 0 Å². The van der Waals surface area contributed by atoms with Crippen molar-refractivity contribution >= 4 is 28.8 Å². The van der Waals surface area contributed by atoms with Gasteiger partial charge in [0.1, 0.15) is 6.04 Å². The number of aliphatic imine (C=N–C) groups is 1. The van der Waals surface area contributed by atoms with Gasteiger partial charge in [0, 0.05) is 16.0 Å². The smallest absolute Gasteiger partial charge is 0.115 e. The van der Waals surface area contributed by atoms with E-state index in [2.05, 4.69) is 31.1 Å². The van der Waals surface area contributed by atoms with Crippen LogP contribution in [0.4, 0.5) is 0 Å². The first-order valence-corrected chi connectivity index (χ1v) is 6.43. The second-order valence-electron chi connectivity index (χ2n) is 4.04. The summed E-state index contributed by atoms with van der Waals surface area (Å²) >= 11 is 8.05. The van der Waals surface area contributed by atoms with Gasteiger partial charge in [-0.15, -0.1) is 11.3 Å². The maximum atomic E-state index is 6.23.